The van der Waals surface area contributed by atoms with Crippen LogP contribution in [0.15, 0.2) is 22.6 Å². The van der Waals surface area contributed by atoms with Gasteiger partial charge in [-0.15, -0.1) is 0 Å². The summed E-state index contributed by atoms with van der Waals surface area (Å²) >= 11 is 5.77. The van der Waals surface area contributed by atoms with Crippen LogP contribution in [0.5, 0.6) is 0 Å². The van der Waals surface area contributed by atoms with Crippen molar-refractivity contribution in [1.82, 2.24) is 4.98 Å². The monoisotopic (exact) mass is 345 g/mol. The maximum atomic E-state index is 13.5. The van der Waals surface area contributed by atoms with Crippen LogP contribution in [0.2, 0.25) is 5.02 Å². The van der Waals surface area contributed by atoms with Crippen LogP contribution in [0.4, 0.5) is 22.0 Å². The van der Waals surface area contributed by atoms with Gasteiger partial charge in [0.15, 0.2) is 28.9 Å². The van der Waals surface area contributed by atoms with Crippen LogP contribution in [-0.2, 0) is 0 Å². The molecule has 0 aliphatic heterocycles. The number of oxazole rings is 1. The molecule has 0 amide bonds. The van der Waals surface area contributed by atoms with E-state index < -0.39 is 34.6 Å². The Kier molecular flexibility index (Phi) is 3.81. The van der Waals surface area contributed by atoms with Gasteiger partial charge in [-0.2, -0.15) is 0 Å². The first kappa shape index (κ1) is 15.5. The van der Waals surface area contributed by atoms with Crippen molar-refractivity contribution in [3.8, 4) is 0 Å². The van der Waals surface area contributed by atoms with E-state index >= 15 is 0 Å². The summed E-state index contributed by atoms with van der Waals surface area (Å²) in [6.07, 6.45) is 1.69. The second-order valence-corrected chi connectivity index (χ2v) is 4.92. The number of nitrogens with zero attached hydrogens (tertiary/aromatic N) is 1. The average molecular weight is 346 g/mol. The largest absolute Gasteiger partial charge is 0.437 e. The zero-order valence-electron chi connectivity index (χ0n) is 11.0. The highest BCUT2D eigenvalue weighted by atomic mass is 35.5. The molecule has 0 fully saturated rings. The second kappa shape index (κ2) is 5.66. The van der Waals surface area contributed by atoms with Crippen molar-refractivity contribution in [2.75, 3.05) is 0 Å². The summed E-state index contributed by atoms with van der Waals surface area (Å²) in [5, 5.41) is 0.404. The molecule has 3 aromatic rings. The van der Waals surface area contributed by atoms with Gasteiger partial charge < -0.3 is 4.42 Å². The number of aromatic nitrogens is 1. The van der Waals surface area contributed by atoms with Gasteiger partial charge in [0, 0.05) is 11.1 Å². The fraction of sp³-hybridized carbons (Fsp3) is 0. The minimum absolute atomic E-state index is 0.0776. The summed E-state index contributed by atoms with van der Waals surface area (Å²) in [4.78, 5) is 3.97. The summed E-state index contributed by atoms with van der Waals surface area (Å²) in [5.41, 5.74) is -0.345. The molecule has 8 heteroatoms. The maximum Gasteiger partial charge on any atom is 0.220 e. The summed E-state index contributed by atoms with van der Waals surface area (Å²) in [6, 6.07) is 4.57. The molecular formula is C15H5ClF5NO. The fourth-order valence-electron chi connectivity index (χ4n) is 1.91. The number of halogens is 6. The lowest BCUT2D eigenvalue weighted by molar-refractivity contribution is 0.377. The molecule has 0 spiro atoms. The average Bonchev–Trinajstić information content (AvgIpc) is 2.93. The van der Waals surface area contributed by atoms with Gasteiger partial charge in [-0.05, 0) is 24.3 Å². The molecule has 1 aromatic heterocycles. The quantitative estimate of drug-likeness (QED) is 0.355. The number of hydrogen-bond donors (Lipinski definition) is 0. The fourth-order valence-corrected chi connectivity index (χ4v) is 2.08. The van der Waals surface area contributed by atoms with E-state index in [1.165, 1.54) is 12.1 Å². The van der Waals surface area contributed by atoms with E-state index in [-0.39, 0.29) is 5.89 Å². The van der Waals surface area contributed by atoms with Crippen molar-refractivity contribution >= 4 is 34.9 Å². The third kappa shape index (κ3) is 2.68. The Bertz CT molecular complexity index is 922. The first-order chi connectivity index (χ1) is 10.9. The van der Waals surface area contributed by atoms with Crippen molar-refractivity contribution in [1.29, 1.82) is 0 Å². The highest BCUT2D eigenvalue weighted by Crippen LogP contribution is 2.25. The standard InChI is InChI=1S/C15H5ClF5NO/c16-6-1-3-9-8(5-6)22-10(23-9)4-2-7-11(17)13(19)15(21)14(20)12(7)18/h1-5H/b4-2+. The van der Waals surface area contributed by atoms with E-state index in [0.717, 1.165) is 6.08 Å². The molecular weight excluding hydrogens is 341 g/mol. The molecule has 1 heterocycles. The van der Waals surface area contributed by atoms with Gasteiger partial charge in [-0.1, -0.05) is 11.6 Å². The Balaban J connectivity index is 2.05. The number of rotatable bonds is 2. The maximum absolute atomic E-state index is 13.5. The van der Waals surface area contributed by atoms with E-state index in [0.29, 0.717) is 22.2 Å². The molecule has 2 nitrogen and oxygen atoms in total. The second-order valence-electron chi connectivity index (χ2n) is 4.48. The van der Waals surface area contributed by atoms with E-state index in [1.54, 1.807) is 6.07 Å². The molecule has 0 aliphatic rings. The summed E-state index contributed by atoms with van der Waals surface area (Å²) in [7, 11) is 0. The molecule has 0 saturated heterocycles. The molecule has 118 valence electrons. The van der Waals surface area contributed by atoms with Crippen LogP contribution < -0.4 is 0 Å². The number of fused-ring (bicyclic) bond motifs is 1. The summed E-state index contributed by atoms with van der Waals surface area (Å²) in [5.74, 6) is -10.2. The molecule has 0 bridgehead atoms. The molecule has 0 radical (unpaired) electrons. The van der Waals surface area contributed by atoms with Gasteiger partial charge in [0.1, 0.15) is 5.52 Å². The first-order valence-corrected chi connectivity index (χ1v) is 6.52. The van der Waals surface area contributed by atoms with Crippen LogP contribution in [0.1, 0.15) is 11.5 Å². The lowest BCUT2D eigenvalue weighted by Crippen LogP contribution is -2.03. The Morgan fingerprint density at radius 3 is 2.13 bits per heavy atom. The molecule has 0 N–H and O–H groups in total. The smallest absolute Gasteiger partial charge is 0.220 e. The Labute approximate surface area is 130 Å². The van der Waals surface area contributed by atoms with Crippen molar-refractivity contribution in [2.24, 2.45) is 0 Å². The van der Waals surface area contributed by atoms with Crippen molar-refractivity contribution in [3.05, 3.63) is 63.8 Å². The third-order valence-electron chi connectivity index (χ3n) is 3.00. The Hall–Kier alpha value is -2.41. The van der Waals surface area contributed by atoms with Crippen LogP contribution >= 0.6 is 11.6 Å². The third-order valence-corrected chi connectivity index (χ3v) is 3.24. The number of hydrogen-bond acceptors (Lipinski definition) is 2. The molecule has 0 aliphatic carbocycles. The van der Waals surface area contributed by atoms with Gasteiger partial charge in [-0.3, -0.25) is 0 Å². The van der Waals surface area contributed by atoms with Crippen LogP contribution in [0.25, 0.3) is 23.3 Å². The van der Waals surface area contributed by atoms with Crippen molar-refractivity contribution in [3.63, 3.8) is 0 Å². The molecule has 0 unspecified atom stereocenters. The normalized spacial score (nSPS) is 11.7. The Morgan fingerprint density at radius 2 is 1.48 bits per heavy atom. The minimum atomic E-state index is -2.21. The zero-order valence-corrected chi connectivity index (χ0v) is 11.8. The minimum Gasteiger partial charge on any atom is -0.437 e. The lowest BCUT2D eigenvalue weighted by Gasteiger charge is -2.03. The molecule has 3 rings (SSSR count). The number of benzene rings is 2. The molecule has 0 saturated carbocycles. The van der Waals surface area contributed by atoms with Crippen molar-refractivity contribution in [2.45, 2.75) is 0 Å². The topological polar surface area (TPSA) is 26.0 Å². The van der Waals surface area contributed by atoms with Crippen LogP contribution in [0, 0.1) is 29.1 Å². The predicted molar refractivity (Wildman–Crippen MR) is 74.2 cm³/mol. The Morgan fingerprint density at radius 1 is 0.870 bits per heavy atom. The van der Waals surface area contributed by atoms with E-state index in [1.807, 2.05) is 0 Å². The molecule has 0 atom stereocenters. The summed E-state index contributed by atoms with van der Waals surface area (Å²) < 4.78 is 71.4. The van der Waals surface area contributed by atoms with E-state index in [4.69, 9.17) is 16.0 Å². The van der Waals surface area contributed by atoms with Crippen LogP contribution in [-0.4, -0.2) is 4.98 Å². The van der Waals surface area contributed by atoms with Gasteiger partial charge in [-0.25, -0.2) is 26.9 Å². The first-order valence-electron chi connectivity index (χ1n) is 6.14. The van der Waals surface area contributed by atoms with Gasteiger partial charge in [0.05, 0.1) is 5.56 Å². The van der Waals surface area contributed by atoms with Gasteiger partial charge >= 0.3 is 0 Å². The highest BCUT2D eigenvalue weighted by Gasteiger charge is 2.24. The van der Waals surface area contributed by atoms with Crippen LogP contribution in [0.3, 0.4) is 0 Å². The van der Waals surface area contributed by atoms with E-state index in [2.05, 4.69) is 4.98 Å². The van der Waals surface area contributed by atoms with Gasteiger partial charge in [0.25, 0.3) is 0 Å². The van der Waals surface area contributed by atoms with Crippen molar-refractivity contribution < 1.29 is 26.4 Å². The zero-order chi connectivity index (χ0) is 16.7. The van der Waals surface area contributed by atoms with Gasteiger partial charge in [0.2, 0.25) is 11.7 Å². The molecule has 23 heavy (non-hydrogen) atoms. The predicted octanol–water partition coefficient (Wildman–Crippen LogP) is 5.35. The SMILES string of the molecule is Fc1c(F)c(F)c(/C=C/c2nc3cc(Cl)ccc3o2)c(F)c1F. The lowest BCUT2D eigenvalue weighted by atomic mass is 10.1. The van der Waals surface area contributed by atoms with E-state index in [9.17, 15) is 22.0 Å². The molecule has 2 aromatic carbocycles. The summed E-state index contributed by atoms with van der Waals surface area (Å²) in [6.45, 7) is 0. The highest BCUT2D eigenvalue weighted by molar-refractivity contribution is 6.31.